The summed E-state index contributed by atoms with van der Waals surface area (Å²) < 4.78 is 22.2. The van der Waals surface area contributed by atoms with E-state index in [2.05, 4.69) is 9.97 Å². The Hall–Kier alpha value is -3.07. The van der Waals surface area contributed by atoms with Crippen LogP contribution in [0, 0.1) is 0 Å². The summed E-state index contributed by atoms with van der Waals surface area (Å²) in [7, 11) is 1.47. The molecule has 1 aliphatic heterocycles. The highest BCUT2D eigenvalue weighted by Crippen LogP contribution is 2.32. The molecule has 0 radical (unpaired) electrons. The summed E-state index contributed by atoms with van der Waals surface area (Å²) in [6.45, 7) is 6.83. The zero-order valence-electron chi connectivity index (χ0n) is 17.0. The topological polar surface area (TPSA) is 109 Å². The van der Waals surface area contributed by atoms with Crippen LogP contribution in [0.3, 0.4) is 0 Å². The van der Waals surface area contributed by atoms with Crippen LogP contribution in [0.1, 0.15) is 32.4 Å². The number of morpholine rings is 1. The van der Waals surface area contributed by atoms with Crippen molar-refractivity contribution < 1.29 is 23.7 Å². The second-order valence-electron chi connectivity index (χ2n) is 7.56. The van der Waals surface area contributed by atoms with Gasteiger partial charge in [0, 0.05) is 6.54 Å². The van der Waals surface area contributed by atoms with Gasteiger partial charge >= 0.3 is 6.09 Å². The molecule has 0 aliphatic carbocycles. The third kappa shape index (κ3) is 5.26. The highest BCUT2D eigenvalue weighted by atomic mass is 16.6. The second kappa shape index (κ2) is 8.52. The highest BCUT2D eigenvalue weighted by molar-refractivity contribution is 5.68. The Morgan fingerprint density at radius 2 is 2.03 bits per heavy atom. The van der Waals surface area contributed by atoms with Gasteiger partial charge in [-0.2, -0.15) is 9.97 Å². The molecule has 156 valence electrons. The van der Waals surface area contributed by atoms with Crippen molar-refractivity contribution in [2.24, 2.45) is 0 Å². The van der Waals surface area contributed by atoms with Crippen LogP contribution in [0.4, 0.5) is 10.5 Å². The van der Waals surface area contributed by atoms with Gasteiger partial charge in [0.2, 0.25) is 11.8 Å². The van der Waals surface area contributed by atoms with Crippen molar-refractivity contribution in [3.8, 4) is 17.5 Å². The number of methoxy groups -OCH3 is 1. The lowest BCUT2D eigenvalue weighted by molar-refractivity contribution is -0.0433. The van der Waals surface area contributed by atoms with Gasteiger partial charge in [-0.15, -0.1) is 0 Å². The summed E-state index contributed by atoms with van der Waals surface area (Å²) in [6, 6.07) is 7.37. The molecule has 1 aliphatic rings. The molecule has 2 N–H and O–H groups in total. The Morgan fingerprint density at radius 3 is 2.76 bits per heavy atom. The van der Waals surface area contributed by atoms with Crippen LogP contribution in [0.5, 0.6) is 17.5 Å². The van der Waals surface area contributed by atoms with E-state index in [1.165, 1.54) is 13.4 Å². The number of ether oxygens (including phenoxy) is 4. The van der Waals surface area contributed by atoms with Crippen molar-refractivity contribution in [1.82, 2.24) is 14.9 Å². The van der Waals surface area contributed by atoms with E-state index in [1.807, 2.05) is 39.0 Å². The number of nitrogens with zero attached hydrogens (tertiary/aromatic N) is 3. The van der Waals surface area contributed by atoms with Crippen molar-refractivity contribution in [3.63, 3.8) is 0 Å². The van der Waals surface area contributed by atoms with E-state index in [1.54, 1.807) is 11.0 Å². The molecule has 2 heterocycles. The van der Waals surface area contributed by atoms with E-state index in [0.717, 1.165) is 5.56 Å². The molecule has 1 fully saturated rings. The summed E-state index contributed by atoms with van der Waals surface area (Å²) >= 11 is 0. The van der Waals surface area contributed by atoms with Gasteiger partial charge in [0.05, 0.1) is 20.3 Å². The fraction of sp³-hybridized carbons (Fsp3) is 0.450. The number of carbonyl (C=O) groups is 1. The normalized spacial score (nSPS) is 17.0. The van der Waals surface area contributed by atoms with Crippen molar-refractivity contribution >= 4 is 11.8 Å². The maximum absolute atomic E-state index is 12.4. The van der Waals surface area contributed by atoms with E-state index in [0.29, 0.717) is 25.4 Å². The van der Waals surface area contributed by atoms with Crippen LogP contribution in [0.15, 0.2) is 30.6 Å². The number of aromatic nitrogens is 2. The van der Waals surface area contributed by atoms with Crippen LogP contribution in [-0.4, -0.2) is 53.4 Å². The molecule has 1 unspecified atom stereocenters. The number of rotatable bonds is 4. The minimum atomic E-state index is -0.544. The number of hydrogen-bond donors (Lipinski definition) is 1. The summed E-state index contributed by atoms with van der Waals surface area (Å²) in [5.74, 6) is 0.983. The molecule has 9 nitrogen and oxygen atoms in total. The van der Waals surface area contributed by atoms with Gasteiger partial charge in [-0.1, -0.05) is 12.1 Å². The highest BCUT2D eigenvalue weighted by Gasteiger charge is 2.29. The van der Waals surface area contributed by atoms with Gasteiger partial charge in [0.15, 0.2) is 5.69 Å². The first-order valence-electron chi connectivity index (χ1n) is 9.28. The number of benzene rings is 1. The van der Waals surface area contributed by atoms with Crippen molar-refractivity contribution in [1.29, 1.82) is 0 Å². The molecule has 0 bridgehead atoms. The number of amides is 1. The van der Waals surface area contributed by atoms with Gasteiger partial charge in [-0.05, 0) is 38.5 Å². The van der Waals surface area contributed by atoms with Gasteiger partial charge in [0.1, 0.15) is 23.8 Å². The van der Waals surface area contributed by atoms with E-state index in [4.69, 9.17) is 24.7 Å². The number of anilines is 1. The SMILES string of the molecule is COc1ncnc(Oc2cccc(C3CN(C(=O)OC(C)(C)C)CCO3)c2)c1N. The van der Waals surface area contributed by atoms with Crippen molar-refractivity contribution in [3.05, 3.63) is 36.2 Å². The molecular formula is C20H26N4O5. The molecule has 9 heteroatoms. The largest absolute Gasteiger partial charge is 0.479 e. The molecule has 0 spiro atoms. The zero-order chi connectivity index (χ0) is 21.0. The van der Waals surface area contributed by atoms with Crippen molar-refractivity contribution in [2.75, 3.05) is 32.5 Å². The van der Waals surface area contributed by atoms with Gasteiger partial charge in [0.25, 0.3) is 0 Å². The summed E-state index contributed by atoms with van der Waals surface area (Å²) in [5, 5.41) is 0. The average molecular weight is 402 g/mol. The molecule has 1 saturated heterocycles. The maximum Gasteiger partial charge on any atom is 0.410 e. The fourth-order valence-corrected chi connectivity index (χ4v) is 2.84. The predicted octanol–water partition coefficient (Wildman–Crippen LogP) is 3.17. The molecule has 1 atom stereocenters. The number of carbonyl (C=O) groups excluding carboxylic acids is 1. The molecule has 0 saturated carbocycles. The lowest BCUT2D eigenvalue weighted by Crippen LogP contribution is -2.44. The fourth-order valence-electron chi connectivity index (χ4n) is 2.84. The molecular weight excluding hydrogens is 376 g/mol. The lowest BCUT2D eigenvalue weighted by atomic mass is 10.1. The lowest BCUT2D eigenvalue weighted by Gasteiger charge is -2.34. The van der Waals surface area contributed by atoms with Crippen LogP contribution in [0.2, 0.25) is 0 Å². The summed E-state index contributed by atoms with van der Waals surface area (Å²) in [6.07, 6.45) is 0.674. The molecule has 2 aromatic rings. The van der Waals surface area contributed by atoms with E-state index in [9.17, 15) is 4.79 Å². The van der Waals surface area contributed by atoms with Crippen molar-refractivity contribution in [2.45, 2.75) is 32.5 Å². The Morgan fingerprint density at radius 1 is 1.28 bits per heavy atom. The Bertz CT molecular complexity index is 868. The van der Waals surface area contributed by atoms with Gasteiger partial charge in [-0.3, -0.25) is 0 Å². The van der Waals surface area contributed by atoms with E-state index in [-0.39, 0.29) is 29.6 Å². The van der Waals surface area contributed by atoms with E-state index >= 15 is 0 Å². The average Bonchev–Trinajstić information content (AvgIpc) is 2.69. The minimum Gasteiger partial charge on any atom is -0.479 e. The minimum absolute atomic E-state index is 0.203. The summed E-state index contributed by atoms with van der Waals surface area (Å²) in [4.78, 5) is 22.0. The molecule has 1 amide bonds. The maximum atomic E-state index is 12.4. The zero-order valence-corrected chi connectivity index (χ0v) is 17.0. The quantitative estimate of drug-likeness (QED) is 0.831. The second-order valence-corrected chi connectivity index (χ2v) is 7.56. The predicted molar refractivity (Wildman–Crippen MR) is 106 cm³/mol. The molecule has 1 aromatic carbocycles. The van der Waals surface area contributed by atoms with Gasteiger partial charge < -0.3 is 29.6 Å². The number of nitrogens with two attached hydrogens (primary N) is 1. The van der Waals surface area contributed by atoms with Crippen LogP contribution < -0.4 is 15.2 Å². The van der Waals surface area contributed by atoms with E-state index < -0.39 is 5.60 Å². The van der Waals surface area contributed by atoms with Crippen LogP contribution >= 0.6 is 0 Å². The standard InChI is InChI=1S/C20H26N4O5/c1-20(2,3)29-19(25)24-8-9-27-15(11-24)13-6-5-7-14(10-13)28-18-16(21)17(26-4)22-12-23-18/h5-7,10,12,15H,8-9,11,21H2,1-4H3. The monoisotopic (exact) mass is 402 g/mol. The van der Waals surface area contributed by atoms with Gasteiger partial charge in [-0.25, -0.2) is 4.79 Å². The first-order chi connectivity index (χ1) is 13.8. The third-order valence-electron chi connectivity index (χ3n) is 4.17. The van der Waals surface area contributed by atoms with Crippen LogP contribution in [-0.2, 0) is 9.47 Å². The smallest absolute Gasteiger partial charge is 0.410 e. The first kappa shape index (κ1) is 20.7. The molecule has 3 rings (SSSR count). The molecule has 29 heavy (non-hydrogen) atoms. The van der Waals surface area contributed by atoms with Crippen LogP contribution in [0.25, 0.3) is 0 Å². The summed E-state index contributed by atoms with van der Waals surface area (Å²) in [5.41, 5.74) is 6.51. The Kier molecular flexibility index (Phi) is 6.07. The third-order valence-corrected chi connectivity index (χ3v) is 4.17. The Labute approximate surface area is 169 Å². The Balaban J connectivity index is 1.73. The first-order valence-corrected chi connectivity index (χ1v) is 9.28. The number of hydrogen-bond acceptors (Lipinski definition) is 8. The molecule has 1 aromatic heterocycles. The number of nitrogen functional groups attached to an aromatic ring is 1.